The summed E-state index contributed by atoms with van der Waals surface area (Å²) in [6, 6.07) is 7.01. The molecule has 0 saturated carbocycles. The van der Waals surface area contributed by atoms with Gasteiger partial charge in [-0.05, 0) is 31.2 Å². The van der Waals surface area contributed by atoms with Crippen molar-refractivity contribution in [1.82, 2.24) is 10.6 Å². The quantitative estimate of drug-likeness (QED) is 0.806. The fourth-order valence-electron chi connectivity index (χ4n) is 1.41. The number of rotatable bonds is 7. The van der Waals surface area contributed by atoms with Crippen LogP contribution in [-0.4, -0.2) is 31.0 Å². The summed E-state index contributed by atoms with van der Waals surface area (Å²) in [5, 5.41) is 5.84. The molecule has 1 atom stereocenters. The van der Waals surface area contributed by atoms with Gasteiger partial charge in [-0.15, -0.1) is 0 Å². The van der Waals surface area contributed by atoms with Gasteiger partial charge in [0.25, 0.3) is 0 Å². The van der Waals surface area contributed by atoms with Crippen LogP contribution >= 0.6 is 11.6 Å². The summed E-state index contributed by atoms with van der Waals surface area (Å²) in [5.41, 5.74) is 0. The van der Waals surface area contributed by atoms with Gasteiger partial charge in [0.15, 0.2) is 0 Å². The molecular weight excluding hydrogens is 280 g/mol. The Labute approximate surface area is 123 Å². The van der Waals surface area contributed by atoms with Crippen LogP contribution in [0.15, 0.2) is 24.3 Å². The maximum atomic E-state index is 11.5. The largest absolute Gasteiger partial charge is 0.489 e. The Bertz CT molecular complexity index is 448. The van der Waals surface area contributed by atoms with Crippen molar-refractivity contribution >= 4 is 23.4 Å². The topological polar surface area (TPSA) is 67.4 Å². The average molecular weight is 299 g/mol. The van der Waals surface area contributed by atoms with Crippen LogP contribution in [0.4, 0.5) is 0 Å². The molecule has 20 heavy (non-hydrogen) atoms. The molecule has 0 spiro atoms. The number of hydrogen-bond donors (Lipinski definition) is 2. The van der Waals surface area contributed by atoms with E-state index in [9.17, 15) is 9.59 Å². The smallest absolute Gasteiger partial charge is 0.239 e. The molecule has 0 radical (unpaired) electrons. The summed E-state index contributed by atoms with van der Waals surface area (Å²) in [6.45, 7) is 3.93. The second kappa shape index (κ2) is 8.43. The molecule has 0 aliphatic carbocycles. The summed E-state index contributed by atoms with van der Waals surface area (Å²) < 4.78 is 5.61. The first kappa shape index (κ1) is 16.3. The summed E-state index contributed by atoms with van der Waals surface area (Å²) >= 11 is 5.78. The Kier molecular flexibility index (Phi) is 6.87. The first-order chi connectivity index (χ1) is 9.51. The minimum atomic E-state index is -0.238. The van der Waals surface area contributed by atoms with Crippen LogP contribution in [0.25, 0.3) is 0 Å². The molecule has 1 rings (SSSR count). The van der Waals surface area contributed by atoms with Crippen molar-refractivity contribution in [2.45, 2.75) is 26.4 Å². The first-order valence-corrected chi connectivity index (χ1v) is 6.84. The third-order valence-corrected chi connectivity index (χ3v) is 2.76. The van der Waals surface area contributed by atoms with E-state index in [1.165, 1.54) is 0 Å². The fraction of sp³-hybridized carbons (Fsp3) is 0.429. The van der Waals surface area contributed by atoms with Gasteiger partial charge in [-0.2, -0.15) is 0 Å². The van der Waals surface area contributed by atoms with Crippen LogP contribution in [-0.2, 0) is 9.59 Å². The van der Waals surface area contributed by atoms with Crippen molar-refractivity contribution in [1.29, 1.82) is 0 Å². The Morgan fingerprint density at radius 3 is 2.45 bits per heavy atom. The minimum absolute atomic E-state index is 0.0136. The lowest BCUT2D eigenvalue weighted by atomic mass is 10.3. The van der Waals surface area contributed by atoms with Gasteiger partial charge in [0.1, 0.15) is 11.9 Å². The number of hydrogen-bond acceptors (Lipinski definition) is 3. The fourth-order valence-corrected chi connectivity index (χ4v) is 1.54. The van der Waals surface area contributed by atoms with Crippen molar-refractivity contribution < 1.29 is 14.3 Å². The summed E-state index contributed by atoms with van der Waals surface area (Å²) in [5.74, 6) is 0.305. The second-order valence-corrected chi connectivity index (χ2v) is 4.75. The van der Waals surface area contributed by atoms with E-state index in [-0.39, 0.29) is 24.5 Å². The molecule has 6 heteroatoms. The molecule has 0 fully saturated rings. The zero-order valence-corrected chi connectivity index (χ0v) is 12.4. The van der Waals surface area contributed by atoms with Crippen LogP contribution in [0, 0.1) is 0 Å². The molecule has 0 heterocycles. The molecule has 0 aliphatic heterocycles. The maximum absolute atomic E-state index is 11.5. The Hall–Kier alpha value is -1.75. The molecule has 0 aliphatic rings. The highest BCUT2D eigenvalue weighted by Gasteiger charge is 2.08. The van der Waals surface area contributed by atoms with Crippen molar-refractivity contribution in [3.8, 4) is 5.75 Å². The molecule has 110 valence electrons. The summed E-state index contributed by atoms with van der Waals surface area (Å²) in [4.78, 5) is 22.5. The van der Waals surface area contributed by atoms with Gasteiger partial charge in [-0.3, -0.25) is 9.59 Å². The van der Waals surface area contributed by atoms with Gasteiger partial charge in [0.05, 0.1) is 13.1 Å². The average Bonchev–Trinajstić information content (AvgIpc) is 2.45. The summed E-state index contributed by atoms with van der Waals surface area (Å²) in [7, 11) is 0. The number of benzene rings is 1. The van der Waals surface area contributed by atoms with E-state index in [2.05, 4.69) is 10.6 Å². The van der Waals surface area contributed by atoms with Crippen LogP contribution in [0.3, 0.4) is 0 Å². The summed E-state index contributed by atoms with van der Waals surface area (Å²) in [6.07, 6.45) is 0.186. The molecule has 2 N–H and O–H groups in total. The SMILES string of the molecule is CCC(=O)NCC(=O)NC[C@@H](C)Oc1ccc(Cl)cc1. The van der Waals surface area contributed by atoms with E-state index in [0.717, 1.165) is 0 Å². The molecule has 1 aromatic rings. The number of ether oxygens (including phenoxy) is 1. The third kappa shape index (κ3) is 6.43. The van der Waals surface area contributed by atoms with Crippen LogP contribution in [0.5, 0.6) is 5.75 Å². The highest BCUT2D eigenvalue weighted by molar-refractivity contribution is 6.30. The predicted octanol–water partition coefficient (Wildman–Crippen LogP) is 1.75. The van der Waals surface area contributed by atoms with Gasteiger partial charge >= 0.3 is 0 Å². The minimum Gasteiger partial charge on any atom is -0.489 e. The lowest BCUT2D eigenvalue weighted by Gasteiger charge is -2.15. The molecule has 0 unspecified atom stereocenters. The zero-order valence-electron chi connectivity index (χ0n) is 11.6. The number of halogens is 1. The van der Waals surface area contributed by atoms with E-state index >= 15 is 0 Å². The highest BCUT2D eigenvalue weighted by atomic mass is 35.5. The molecule has 0 bridgehead atoms. The van der Waals surface area contributed by atoms with Crippen LogP contribution in [0.1, 0.15) is 20.3 Å². The number of carbonyl (C=O) groups excluding carboxylic acids is 2. The molecule has 5 nitrogen and oxygen atoms in total. The Balaban J connectivity index is 2.25. The van der Waals surface area contributed by atoms with E-state index in [1.54, 1.807) is 31.2 Å². The third-order valence-electron chi connectivity index (χ3n) is 2.50. The Morgan fingerprint density at radius 1 is 1.20 bits per heavy atom. The van der Waals surface area contributed by atoms with E-state index < -0.39 is 0 Å². The monoisotopic (exact) mass is 298 g/mol. The Morgan fingerprint density at radius 2 is 1.85 bits per heavy atom. The second-order valence-electron chi connectivity index (χ2n) is 4.32. The van der Waals surface area contributed by atoms with E-state index in [0.29, 0.717) is 23.7 Å². The normalized spacial score (nSPS) is 11.6. The van der Waals surface area contributed by atoms with Crippen molar-refractivity contribution in [2.75, 3.05) is 13.1 Å². The van der Waals surface area contributed by atoms with Gasteiger partial charge in [0, 0.05) is 11.4 Å². The van der Waals surface area contributed by atoms with Gasteiger partial charge < -0.3 is 15.4 Å². The van der Waals surface area contributed by atoms with E-state index in [4.69, 9.17) is 16.3 Å². The van der Waals surface area contributed by atoms with Crippen LogP contribution in [0.2, 0.25) is 5.02 Å². The van der Waals surface area contributed by atoms with E-state index in [1.807, 2.05) is 6.92 Å². The first-order valence-electron chi connectivity index (χ1n) is 6.47. The molecule has 1 aromatic carbocycles. The molecular formula is C14H19ClN2O3. The van der Waals surface area contributed by atoms with Crippen LogP contribution < -0.4 is 15.4 Å². The van der Waals surface area contributed by atoms with Gasteiger partial charge in [0.2, 0.25) is 11.8 Å². The van der Waals surface area contributed by atoms with Crippen molar-refractivity contribution in [2.24, 2.45) is 0 Å². The predicted molar refractivity (Wildman–Crippen MR) is 77.9 cm³/mol. The number of amides is 2. The molecule has 0 saturated heterocycles. The van der Waals surface area contributed by atoms with Gasteiger partial charge in [-0.1, -0.05) is 18.5 Å². The van der Waals surface area contributed by atoms with Crippen molar-refractivity contribution in [3.05, 3.63) is 29.3 Å². The van der Waals surface area contributed by atoms with Gasteiger partial charge in [-0.25, -0.2) is 0 Å². The molecule has 2 amide bonds. The maximum Gasteiger partial charge on any atom is 0.239 e. The molecule has 0 aromatic heterocycles. The number of nitrogens with one attached hydrogen (secondary N) is 2. The van der Waals surface area contributed by atoms with Crippen molar-refractivity contribution in [3.63, 3.8) is 0 Å². The highest BCUT2D eigenvalue weighted by Crippen LogP contribution is 2.16. The standard InChI is InChI=1S/C14H19ClN2O3/c1-3-13(18)17-9-14(19)16-8-10(2)20-12-6-4-11(15)5-7-12/h4-7,10H,3,8-9H2,1-2H3,(H,16,19)(H,17,18)/t10-/m1/s1. The lowest BCUT2D eigenvalue weighted by molar-refractivity contribution is -0.126. The lowest BCUT2D eigenvalue weighted by Crippen LogP contribution is -2.40. The zero-order chi connectivity index (χ0) is 15.0. The number of carbonyl (C=O) groups is 2.